The topological polar surface area (TPSA) is 137 Å². The highest BCUT2D eigenvalue weighted by Gasteiger charge is 2.28. The lowest BCUT2D eigenvalue weighted by Crippen LogP contribution is -2.46. The fraction of sp³-hybridized carbons (Fsp3) is 0.368. The Morgan fingerprint density at radius 3 is 2.84 bits per heavy atom. The van der Waals surface area contributed by atoms with Crippen molar-refractivity contribution in [2.45, 2.75) is 31.6 Å². The molecule has 0 radical (unpaired) electrons. The van der Waals surface area contributed by atoms with Crippen LogP contribution in [0, 0.1) is 0 Å². The van der Waals surface area contributed by atoms with Gasteiger partial charge in [-0.05, 0) is 25.5 Å². The third kappa shape index (κ3) is 5.17. The Hall–Kier alpha value is -3.61. The van der Waals surface area contributed by atoms with E-state index in [-0.39, 0.29) is 29.1 Å². The van der Waals surface area contributed by atoms with E-state index in [1.165, 1.54) is 30.9 Å². The molecule has 13 heteroatoms. The SMILES string of the molecule is Nc1ncc(-c2nccc(-c3cnn(CC(F)(F)F)c3)n2)nc1C(=O)N[C@H]1CCCNC1. The number of carbonyl (C=O) groups excluding carboxylic acids is 1. The molecule has 10 nitrogen and oxygen atoms in total. The van der Waals surface area contributed by atoms with Crippen LogP contribution < -0.4 is 16.4 Å². The summed E-state index contributed by atoms with van der Waals surface area (Å²) in [5.74, 6) is -0.332. The molecule has 0 unspecified atom stereocenters. The predicted octanol–water partition coefficient (Wildman–Crippen LogP) is 1.42. The number of amides is 1. The van der Waals surface area contributed by atoms with Crippen molar-refractivity contribution in [3.8, 4) is 22.8 Å². The summed E-state index contributed by atoms with van der Waals surface area (Å²) in [6.07, 6.45) is 2.70. The van der Waals surface area contributed by atoms with E-state index in [0.29, 0.717) is 17.8 Å². The molecular weight excluding hydrogens is 427 g/mol. The van der Waals surface area contributed by atoms with E-state index < -0.39 is 18.6 Å². The van der Waals surface area contributed by atoms with Gasteiger partial charge in [0.15, 0.2) is 17.3 Å². The Balaban J connectivity index is 1.56. The van der Waals surface area contributed by atoms with E-state index in [1.54, 1.807) is 0 Å². The molecule has 0 saturated carbocycles. The van der Waals surface area contributed by atoms with Gasteiger partial charge in [0.1, 0.15) is 12.2 Å². The number of piperidine rings is 1. The predicted molar refractivity (Wildman–Crippen MR) is 108 cm³/mol. The molecule has 0 spiro atoms. The van der Waals surface area contributed by atoms with Crippen LogP contribution >= 0.6 is 0 Å². The third-order valence-electron chi connectivity index (χ3n) is 4.80. The molecule has 3 aromatic heterocycles. The molecule has 0 aliphatic carbocycles. The number of nitrogen functional groups attached to an aromatic ring is 1. The zero-order valence-electron chi connectivity index (χ0n) is 16.8. The molecular formula is C19H20F3N9O. The maximum absolute atomic E-state index is 12.7. The minimum absolute atomic E-state index is 0.0281. The average molecular weight is 447 g/mol. The van der Waals surface area contributed by atoms with Crippen LogP contribution in [0.2, 0.25) is 0 Å². The first-order valence-corrected chi connectivity index (χ1v) is 9.85. The number of hydrogen-bond donors (Lipinski definition) is 3. The highest BCUT2D eigenvalue weighted by Crippen LogP contribution is 2.22. The number of anilines is 1. The maximum Gasteiger partial charge on any atom is 0.408 e. The van der Waals surface area contributed by atoms with Gasteiger partial charge in [-0.25, -0.2) is 19.9 Å². The molecule has 4 N–H and O–H groups in total. The van der Waals surface area contributed by atoms with E-state index in [9.17, 15) is 18.0 Å². The molecule has 4 heterocycles. The second-order valence-electron chi connectivity index (χ2n) is 7.31. The Kier molecular flexibility index (Phi) is 5.99. The van der Waals surface area contributed by atoms with Gasteiger partial charge in [-0.15, -0.1) is 0 Å². The molecule has 0 bridgehead atoms. The normalized spacial score (nSPS) is 16.7. The van der Waals surface area contributed by atoms with Crippen molar-refractivity contribution in [2.75, 3.05) is 18.8 Å². The minimum Gasteiger partial charge on any atom is -0.382 e. The van der Waals surface area contributed by atoms with Gasteiger partial charge in [0.2, 0.25) is 0 Å². The number of alkyl halides is 3. The van der Waals surface area contributed by atoms with Gasteiger partial charge in [-0.3, -0.25) is 9.48 Å². The molecule has 0 aromatic carbocycles. The molecule has 1 atom stereocenters. The van der Waals surface area contributed by atoms with Crippen molar-refractivity contribution in [1.82, 2.24) is 40.3 Å². The fourth-order valence-corrected chi connectivity index (χ4v) is 3.31. The minimum atomic E-state index is -4.38. The summed E-state index contributed by atoms with van der Waals surface area (Å²) in [7, 11) is 0. The Morgan fingerprint density at radius 2 is 2.09 bits per heavy atom. The van der Waals surface area contributed by atoms with Crippen LogP contribution in [0.15, 0.2) is 30.9 Å². The monoisotopic (exact) mass is 447 g/mol. The number of nitrogens with two attached hydrogens (primary N) is 1. The molecule has 1 aliphatic heterocycles. The van der Waals surface area contributed by atoms with Crippen molar-refractivity contribution in [2.24, 2.45) is 0 Å². The lowest BCUT2D eigenvalue weighted by atomic mass is 10.1. The Morgan fingerprint density at radius 1 is 1.25 bits per heavy atom. The molecule has 1 aliphatic rings. The number of aromatic nitrogens is 6. The van der Waals surface area contributed by atoms with Crippen LogP contribution in [0.5, 0.6) is 0 Å². The van der Waals surface area contributed by atoms with E-state index in [4.69, 9.17) is 5.73 Å². The highest BCUT2D eigenvalue weighted by atomic mass is 19.4. The van der Waals surface area contributed by atoms with E-state index in [0.717, 1.165) is 24.1 Å². The van der Waals surface area contributed by atoms with E-state index >= 15 is 0 Å². The second-order valence-corrected chi connectivity index (χ2v) is 7.31. The summed E-state index contributed by atoms with van der Waals surface area (Å²) in [6.45, 7) is 0.363. The first-order valence-electron chi connectivity index (χ1n) is 9.85. The van der Waals surface area contributed by atoms with Crippen molar-refractivity contribution in [3.05, 3.63) is 36.5 Å². The van der Waals surface area contributed by atoms with Gasteiger partial charge in [0.05, 0.1) is 18.1 Å². The maximum atomic E-state index is 12.7. The van der Waals surface area contributed by atoms with Gasteiger partial charge in [-0.1, -0.05) is 0 Å². The summed E-state index contributed by atoms with van der Waals surface area (Å²) >= 11 is 0. The van der Waals surface area contributed by atoms with Crippen LogP contribution in [-0.2, 0) is 6.54 Å². The smallest absolute Gasteiger partial charge is 0.382 e. The summed E-state index contributed by atoms with van der Waals surface area (Å²) in [6, 6.07) is 1.50. The largest absolute Gasteiger partial charge is 0.408 e. The number of rotatable bonds is 5. The van der Waals surface area contributed by atoms with Crippen LogP contribution in [0.25, 0.3) is 22.8 Å². The van der Waals surface area contributed by atoms with Crippen molar-refractivity contribution in [3.63, 3.8) is 0 Å². The van der Waals surface area contributed by atoms with E-state index in [2.05, 4.69) is 35.7 Å². The standard InChI is InChI=1S/C19H20F3N9O/c20-19(21,22)10-31-9-11(6-27-31)13-3-5-25-17(30-13)14-8-26-16(23)15(29-14)18(32)28-12-2-1-4-24-7-12/h3,5-6,8-9,12,24H,1-2,4,7,10H2,(H2,23,26)(H,28,32)/t12-/m0/s1. The van der Waals surface area contributed by atoms with Gasteiger partial charge in [0, 0.05) is 30.5 Å². The van der Waals surface area contributed by atoms with Crippen LogP contribution in [0.3, 0.4) is 0 Å². The van der Waals surface area contributed by atoms with Crippen molar-refractivity contribution >= 4 is 11.7 Å². The first-order chi connectivity index (χ1) is 15.3. The molecule has 3 aromatic rings. The zero-order chi connectivity index (χ0) is 22.7. The number of hydrogen-bond acceptors (Lipinski definition) is 8. The van der Waals surface area contributed by atoms with Crippen LogP contribution in [0.1, 0.15) is 23.3 Å². The van der Waals surface area contributed by atoms with Gasteiger partial charge in [0.25, 0.3) is 5.91 Å². The van der Waals surface area contributed by atoms with Crippen LogP contribution in [-0.4, -0.2) is 60.9 Å². The highest BCUT2D eigenvalue weighted by molar-refractivity contribution is 5.96. The van der Waals surface area contributed by atoms with Crippen molar-refractivity contribution in [1.29, 1.82) is 0 Å². The number of halogens is 3. The van der Waals surface area contributed by atoms with Gasteiger partial charge >= 0.3 is 6.18 Å². The fourth-order valence-electron chi connectivity index (χ4n) is 3.31. The Bertz CT molecular complexity index is 1110. The second kappa shape index (κ2) is 8.86. The van der Waals surface area contributed by atoms with Crippen LogP contribution in [0.4, 0.5) is 19.0 Å². The number of carbonyl (C=O) groups is 1. The average Bonchev–Trinajstić information content (AvgIpc) is 3.21. The lowest BCUT2D eigenvalue weighted by molar-refractivity contribution is -0.142. The lowest BCUT2D eigenvalue weighted by Gasteiger charge is -2.23. The van der Waals surface area contributed by atoms with E-state index in [1.807, 2.05) is 0 Å². The molecule has 1 fully saturated rings. The van der Waals surface area contributed by atoms with Gasteiger partial charge < -0.3 is 16.4 Å². The molecule has 4 rings (SSSR count). The van der Waals surface area contributed by atoms with Gasteiger partial charge in [-0.2, -0.15) is 18.3 Å². The summed E-state index contributed by atoms with van der Waals surface area (Å²) in [5, 5.41) is 9.81. The summed E-state index contributed by atoms with van der Waals surface area (Å²) < 4.78 is 38.5. The molecule has 1 amide bonds. The Labute approximate surface area is 180 Å². The van der Waals surface area contributed by atoms with Crippen molar-refractivity contribution < 1.29 is 18.0 Å². The third-order valence-corrected chi connectivity index (χ3v) is 4.80. The molecule has 1 saturated heterocycles. The quantitative estimate of drug-likeness (QED) is 0.534. The molecule has 168 valence electrons. The molecule has 32 heavy (non-hydrogen) atoms. The summed E-state index contributed by atoms with van der Waals surface area (Å²) in [4.78, 5) is 29.5. The number of nitrogens with zero attached hydrogens (tertiary/aromatic N) is 6. The first kappa shape index (κ1) is 21.6. The zero-order valence-corrected chi connectivity index (χ0v) is 16.8. The summed E-state index contributed by atoms with van der Waals surface area (Å²) in [5.41, 5.74) is 6.74. The number of nitrogens with one attached hydrogen (secondary N) is 2.